The van der Waals surface area contributed by atoms with Gasteiger partial charge in [-0.25, -0.2) is 0 Å². The van der Waals surface area contributed by atoms with Crippen molar-refractivity contribution in [2.45, 2.75) is 24.9 Å². The van der Waals surface area contributed by atoms with E-state index in [9.17, 15) is 13.2 Å². The van der Waals surface area contributed by atoms with Gasteiger partial charge in [0.15, 0.2) is 0 Å². The molecule has 1 aliphatic heterocycles. The summed E-state index contributed by atoms with van der Waals surface area (Å²) in [5.41, 5.74) is 0.965. The van der Waals surface area contributed by atoms with Gasteiger partial charge in [-0.1, -0.05) is 18.2 Å². The summed E-state index contributed by atoms with van der Waals surface area (Å²) in [6, 6.07) is 11.4. The fourth-order valence-electron chi connectivity index (χ4n) is 3.16. The molecule has 1 aliphatic rings. The first-order chi connectivity index (χ1) is 11.4. The van der Waals surface area contributed by atoms with Gasteiger partial charge in [-0.15, -0.1) is 0 Å². The molecule has 0 fully saturated rings. The minimum Gasteiger partial charge on any atom is -0.457 e. The number of fused-ring (bicyclic) bond motifs is 2. The Morgan fingerprint density at radius 3 is 2.42 bits per heavy atom. The molecule has 0 amide bonds. The maximum Gasteiger partial charge on any atom is 0.416 e. The number of hydrogen-bond donors (Lipinski definition) is 0. The average molecular weight is 335 g/mol. The molecule has 0 unspecified atom stereocenters. The van der Waals surface area contributed by atoms with Crippen molar-refractivity contribution in [2.75, 3.05) is 20.6 Å². The van der Waals surface area contributed by atoms with E-state index in [-0.39, 0.29) is 5.92 Å². The Hall–Kier alpha value is -2.01. The van der Waals surface area contributed by atoms with Gasteiger partial charge in [-0.05, 0) is 57.7 Å². The maximum atomic E-state index is 13.1. The predicted molar refractivity (Wildman–Crippen MR) is 87.6 cm³/mol. The second-order valence-corrected chi connectivity index (χ2v) is 6.39. The fraction of sp³-hybridized carbons (Fsp3) is 0.368. The Morgan fingerprint density at radius 2 is 1.71 bits per heavy atom. The Morgan fingerprint density at radius 1 is 1.00 bits per heavy atom. The third-order valence-electron chi connectivity index (χ3n) is 4.32. The van der Waals surface area contributed by atoms with Crippen molar-refractivity contribution in [2.24, 2.45) is 0 Å². The normalized spacial score (nSPS) is 16.5. The van der Waals surface area contributed by atoms with Crippen LogP contribution in [0.1, 0.15) is 35.4 Å². The second-order valence-electron chi connectivity index (χ2n) is 6.39. The van der Waals surface area contributed by atoms with Gasteiger partial charge in [-0.3, -0.25) is 0 Å². The highest BCUT2D eigenvalue weighted by Crippen LogP contribution is 2.47. The van der Waals surface area contributed by atoms with Crippen LogP contribution in [0.25, 0.3) is 0 Å². The summed E-state index contributed by atoms with van der Waals surface area (Å²) in [7, 11) is 3.99. The molecule has 128 valence electrons. The zero-order valence-corrected chi connectivity index (χ0v) is 13.7. The van der Waals surface area contributed by atoms with Gasteiger partial charge in [0.1, 0.15) is 11.5 Å². The van der Waals surface area contributed by atoms with Gasteiger partial charge in [0, 0.05) is 17.0 Å². The molecule has 0 bridgehead atoms. The molecule has 2 aromatic rings. The van der Waals surface area contributed by atoms with Crippen LogP contribution in [0.5, 0.6) is 11.5 Å². The minimum atomic E-state index is -4.35. The van der Waals surface area contributed by atoms with Crippen LogP contribution in [0.2, 0.25) is 0 Å². The first kappa shape index (κ1) is 16.8. The number of hydrogen-bond acceptors (Lipinski definition) is 2. The molecule has 0 aliphatic carbocycles. The Bertz CT molecular complexity index is 725. The van der Waals surface area contributed by atoms with Crippen molar-refractivity contribution in [3.63, 3.8) is 0 Å². The summed E-state index contributed by atoms with van der Waals surface area (Å²) in [6.45, 7) is 0.897. The third-order valence-corrected chi connectivity index (χ3v) is 4.32. The van der Waals surface area contributed by atoms with E-state index in [1.165, 1.54) is 12.1 Å². The number of halogens is 3. The monoisotopic (exact) mass is 335 g/mol. The van der Waals surface area contributed by atoms with E-state index in [0.29, 0.717) is 11.3 Å². The lowest BCUT2D eigenvalue weighted by molar-refractivity contribution is -0.137. The molecule has 0 saturated carbocycles. The lowest BCUT2D eigenvalue weighted by Gasteiger charge is -2.29. The smallest absolute Gasteiger partial charge is 0.416 e. The molecule has 0 aromatic heterocycles. The molecular formula is C19H20F3NO. The van der Waals surface area contributed by atoms with Gasteiger partial charge in [0.25, 0.3) is 0 Å². The molecule has 2 aromatic carbocycles. The molecule has 0 saturated heterocycles. The van der Waals surface area contributed by atoms with Crippen LogP contribution in [-0.2, 0) is 6.18 Å². The molecule has 5 heteroatoms. The first-order valence-electron chi connectivity index (χ1n) is 7.99. The summed E-state index contributed by atoms with van der Waals surface area (Å²) < 4.78 is 45.1. The van der Waals surface area contributed by atoms with Crippen molar-refractivity contribution < 1.29 is 17.9 Å². The van der Waals surface area contributed by atoms with Crippen molar-refractivity contribution >= 4 is 0 Å². The molecular weight excluding hydrogens is 315 g/mol. The van der Waals surface area contributed by atoms with E-state index in [4.69, 9.17) is 4.74 Å². The van der Waals surface area contributed by atoms with Gasteiger partial charge in [0.05, 0.1) is 5.56 Å². The molecule has 0 spiro atoms. The van der Waals surface area contributed by atoms with Gasteiger partial charge >= 0.3 is 6.18 Å². The van der Waals surface area contributed by atoms with Crippen molar-refractivity contribution in [3.05, 3.63) is 59.2 Å². The largest absolute Gasteiger partial charge is 0.457 e. The Balaban J connectivity index is 1.99. The van der Waals surface area contributed by atoms with Gasteiger partial charge in [-0.2, -0.15) is 13.2 Å². The Kier molecular flexibility index (Phi) is 4.54. The molecule has 0 N–H and O–H groups in total. The Labute approximate surface area is 139 Å². The SMILES string of the molecule is CN(C)CCC[C@H]1c2ccccc2Oc2ccc(C(F)(F)F)cc21. The molecule has 1 atom stereocenters. The van der Waals surface area contributed by atoms with E-state index in [2.05, 4.69) is 4.90 Å². The summed E-state index contributed by atoms with van der Waals surface area (Å²) in [6.07, 6.45) is -2.66. The predicted octanol–water partition coefficient (Wildman–Crippen LogP) is 5.28. The third kappa shape index (κ3) is 3.41. The van der Waals surface area contributed by atoms with Gasteiger partial charge < -0.3 is 9.64 Å². The highest BCUT2D eigenvalue weighted by molar-refractivity contribution is 5.54. The summed E-state index contributed by atoms with van der Waals surface area (Å²) in [4.78, 5) is 2.08. The number of alkyl halides is 3. The number of benzene rings is 2. The van der Waals surface area contributed by atoms with E-state index >= 15 is 0 Å². The number of nitrogens with zero attached hydrogens (tertiary/aromatic N) is 1. The van der Waals surface area contributed by atoms with Crippen LogP contribution < -0.4 is 4.74 Å². The van der Waals surface area contributed by atoms with Crippen LogP contribution in [0.15, 0.2) is 42.5 Å². The topological polar surface area (TPSA) is 12.5 Å². The number of rotatable bonds is 4. The quantitative estimate of drug-likeness (QED) is 0.753. The number of para-hydroxylation sites is 1. The second kappa shape index (κ2) is 6.48. The fourth-order valence-corrected chi connectivity index (χ4v) is 3.16. The zero-order chi connectivity index (χ0) is 17.3. The van der Waals surface area contributed by atoms with E-state index in [0.717, 1.165) is 36.8 Å². The van der Waals surface area contributed by atoms with Crippen molar-refractivity contribution in [3.8, 4) is 11.5 Å². The summed E-state index contributed by atoms with van der Waals surface area (Å²) in [5.74, 6) is 1.18. The average Bonchev–Trinajstić information content (AvgIpc) is 2.52. The molecule has 1 heterocycles. The van der Waals surface area contributed by atoms with E-state index in [1.54, 1.807) is 0 Å². The van der Waals surface area contributed by atoms with Crippen LogP contribution in [0.3, 0.4) is 0 Å². The van der Waals surface area contributed by atoms with Crippen LogP contribution >= 0.6 is 0 Å². The van der Waals surface area contributed by atoms with Crippen LogP contribution in [0, 0.1) is 0 Å². The number of ether oxygens (including phenoxy) is 1. The summed E-state index contributed by atoms with van der Waals surface area (Å²) in [5, 5.41) is 0. The molecule has 0 radical (unpaired) electrons. The molecule has 24 heavy (non-hydrogen) atoms. The van der Waals surface area contributed by atoms with Crippen LogP contribution in [-0.4, -0.2) is 25.5 Å². The van der Waals surface area contributed by atoms with Crippen molar-refractivity contribution in [1.82, 2.24) is 4.90 Å². The lowest BCUT2D eigenvalue weighted by atomic mass is 9.84. The van der Waals surface area contributed by atoms with E-state index < -0.39 is 11.7 Å². The summed E-state index contributed by atoms with van der Waals surface area (Å²) >= 11 is 0. The lowest BCUT2D eigenvalue weighted by Crippen LogP contribution is -2.16. The first-order valence-corrected chi connectivity index (χ1v) is 7.99. The highest BCUT2D eigenvalue weighted by atomic mass is 19.4. The zero-order valence-electron chi connectivity index (χ0n) is 13.7. The minimum absolute atomic E-state index is 0.0767. The maximum absolute atomic E-state index is 13.1. The molecule has 2 nitrogen and oxygen atoms in total. The van der Waals surface area contributed by atoms with Gasteiger partial charge in [0.2, 0.25) is 0 Å². The van der Waals surface area contributed by atoms with E-state index in [1.807, 2.05) is 38.4 Å². The van der Waals surface area contributed by atoms with Crippen LogP contribution in [0.4, 0.5) is 13.2 Å². The van der Waals surface area contributed by atoms with Crippen molar-refractivity contribution in [1.29, 1.82) is 0 Å². The standard InChI is InChI=1S/C19H20F3NO/c1-23(2)11-5-7-14-15-6-3-4-8-17(15)24-18-10-9-13(12-16(14)18)19(20,21)22/h3-4,6,8-10,12,14H,5,7,11H2,1-2H3/t14-/m0/s1. The highest BCUT2D eigenvalue weighted by Gasteiger charge is 2.34. The molecule has 3 rings (SSSR count).